The summed E-state index contributed by atoms with van der Waals surface area (Å²) in [5.41, 5.74) is 0.0135. The number of amides is 2. The molecule has 0 aliphatic carbocycles. The fraction of sp³-hybridized carbons (Fsp3) is 0.391. The molecular formula is C23H25F2N2O5P. The molecule has 2 aromatic carbocycles. The van der Waals surface area contributed by atoms with Gasteiger partial charge in [0, 0.05) is 23.2 Å². The fourth-order valence-electron chi connectivity index (χ4n) is 4.46. The second kappa shape index (κ2) is 9.51. The highest BCUT2D eigenvalue weighted by molar-refractivity contribution is 7.71. The van der Waals surface area contributed by atoms with Crippen LogP contribution in [0, 0.1) is 11.6 Å². The van der Waals surface area contributed by atoms with Crippen molar-refractivity contribution in [2.24, 2.45) is 0 Å². The zero-order chi connectivity index (χ0) is 23.6. The first-order valence-electron chi connectivity index (χ1n) is 10.7. The first kappa shape index (κ1) is 23.2. The number of anilines is 1. The molecule has 2 heterocycles. The summed E-state index contributed by atoms with van der Waals surface area (Å²) in [6.45, 7) is 0.0479. The van der Waals surface area contributed by atoms with Crippen LogP contribution in [0.25, 0.3) is 0 Å². The summed E-state index contributed by atoms with van der Waals surface area (Å²) in [5, 5.41) is 3.23. The average Bonchev–Trinajstić information content (AvgIpc) is 3.19. The van der Waals surface area contributed by atoms with E-state index in [1.54, 1.807) is 0 Å². The van der Waals surface area contributed by atoms with Crippen molar-refractivity contribution in [2.75, 3.05) is 37.4 Å². The molecule has 0 bridgehead atoms. The Morgan fingerprint density at radius 3 is 2.42 bits per heavy atom. The number of rotatable bonds is 5. The third kappa shape index (κ3) is 4.88. The van der Waals surface area contributed by atoms with Crippen LogP contribution in [0.4, 0.5) is 24.1 Å². The van der Waals surface area contributed by atoms with Crippen LogP contribution in [0.1, 0.15) is 24.3 Å². The van der Waals surface area contributed by atoms with Gasteiger partial charge in [0.1, 0.15) is 24.9 Å². The number of cyclic esters (lactones) is 1. The summed E-state index contributed by atoms with van der Waals surface area (Å²) in [5.74, 6) is -1.86. The molecule has 0 saturated carbocycles. The van der Waals surface area contributed by atoms with Gasteiger partial charge in [0.15, 0.2) is 0 Å². The lowest BCUT2D eigenvalue weighted by Crippen LogP contribution is -2.34. The number of hydrogen-bond donors (Lipinski definition) is 1. The van der Waals surface area contributed by atoms with Crippen molar-refractivity contribution in [2.45, 2.75) is 24.9 Å². The zero-order valence-corrected chi connectivity index (χ0v) is 19.0. The predicted octanol–water partition coefficient (Wildman–Crippen LogP) is 4.21. The minimum atomic E-state index is -2.57. The lowest BCUT2D eigenvalue weighted by atomic mass is 9.92. The number of halogens is 2. The van der Waals surface area contributed by atoms with Crippen molar-refractivity contribution >= 4 is 30.3 Å². The Labute approximate surface area is 190 Å². The summed E-state index contributed by atoms with van der Waals surface area (Å²) in [6, 6.07) is 11.5. The van der Waals surface area contributed by atoms with Crippen molar-refractivity contribution in [3.8, 4) is 0 Å². The third-order valence-corrected chi connectivity index (χ3v) is 9.42. The number of ether oxygens (including phenoxy) is 2. The lowest BCUT2D eigenvalue weighted by molar-refractivity contribution is 0.132. The molecular weight excluding hydrogens is 453 g/mol. The number of nitrogens with one attached hydrogen (secondary N) is 1. The molecule has 176 valence electrons. The number of carbonyl (C=O) groups is 2. The van der Waals surface area contributed by atoms with Gasteiger partial charge in [0.2, 0.25) is 0 Å². The molecule has 33 heavy (non-hydrogen) atoms. The molecule has 1 N–H and O–H groups in total. The molecule has 1 atom stereocenters. The van der Waals surface area contributed by atoms with E-state index in [1.165, 1.54) is 7.11 Å². The first-order valence-corrected chi connectivity index (χ1v) is 12.8. The van der Waals surface area contributed by atoms with Crippen LogP contribution >= 0.6 is 7.14 Å². The van der Waals surface area contributed by atoms with E-state index < -0.39 is 37.1 Å². The number of hydrogen-bond acceptors (Lipinski definition) is 5. The second-order valence-electron chi connectivity index (χ2n) is 8.26. The molecule has 2 amide bonds. The van der Waals surface area contributed by atoms with Gasteiger partial charge in [-0.25, -0.2) is 18.4 Å². The van der Waals surface area contributed by atoms with Crippen molar-refractivity contribution in [3.63, 3.8) is 0 Å². The summed E-state index contributed by atoms with van der Waals surface area (Å²) in [6.07, 6.45) is -0.452. The van der Waals surface area contributed by atoms with Gasteiger partial charge in [-0.1, -0.05) is 30.3 Å². The van der Waals surface area contributed by atoms with E-state index in [2.05, 4.69) is 10.1 Å². The summed E-state index contributed by atoms with van der Waals surface area (Å²) in [7, 11) is -1.35. The molecule has 10 heteroatoms. The van der Waals surface area contributed by atoms with E-state index in [0.717, 1.165) is 22.3 Å². The molecule has 2 aliphatic heterocycles. The normalized spacial score (nSPS) is 24.9. The topological polar surface area (TPSA) is 84.9 Å². The Morgan fingerprint density at radius 1 is 1.18 bits per heavy atom. The molecule has 0 aromatic heterocycles. The van der Waals surface area contributed by atoms with Gasteiger partial charge in [0.25, 0.3) is 0 Å². The molecule has 2 aromatic rings. The van der Waals surface area contributed by atoms with Crippen molar-refractivity contribution in [1.82, 2.24) is 5.32 Å². The minimum Gasteiger partial charge on any atom is -0.453 e. The Morgan fingerprint density at radius 2 is 1.82 bits per heavy atom. The van der Waals surface area contributed by atoms with Crippen LogP contribution in [0.3, 0.4) is 0 Å². The maximum atomic E-state index is 15.0. The van der Waals surface area contributed by atoms with Crippen molar-refractivity contribution in [1.29, 1.82) is 0 Å². The molecule has 2 aliphatic rings. The Bertz CT molecular complexity index is 1060. The molecule has 0 unspecified atom stereocenters. The lowest BCUT2D eigenvalue weighted by Gasteiger charge is -2.30. The zero-order valence-electron chi connectivity index (χ0n) is 18.1. The van der Waals surface area contributed by atoms with E-state index in [0.29, 0.717) is 25.2 Å². The van der Waals surface area contributed by atoms with Crippen molar-refractivity contribution < 1.29 is 32.4 Å². The number of carbonyl (C=O) groups excluding carboxylic acids is 2. The largest absolute Gasteiger partial charge is 0.453 e. The molecule has 7 nitrogen and oxygen atoms in total. The van der Waals surface area contributed by atoms with Gasteiger partial charge in [-0.15, -0.1) is 0 Å². The van der Waals surface area contributed by atoms with Crippen LogP contribution in [0.15, 0.2) is 42.5 Å². The summed E-state index contributed by atoms with van der Waals surface area (Å²) in [4.78, 5) is 24.5. The SMILES string of the molecule is COC(=O)NC[C@H]1CN(c2cc(F)c(C3CCP(=O)(c4ccccc4)CC3)c(F)c2)C(=O)O1. The Balaban J connectivity index is 1.46. The van der Waals surface area contributed by atoms with Crippen LogP contribution < -0.4 is 15.5 Å². The van der Waals surface area contributed by atoms with Crippen LogP contribution in [0.2, 0.25) is 0 Å². The van der Waals surface area contributed by atoms with Crippen molar-refractivity contribution in [3.05, 3.63) is 59.7 Å². The predicted molar refractivity (Wildman–Crippen MR) is 120 cm³/mol. The van der Waals surface area contributed by atoms with Gasteiger partial charge in [-0.2, -0.15) is 0 Å². The van der Waals surface area contributed by atoms with Gasteiger partial charge in [-0.3, -0.25) is 4.90 Å². The Kier molecular flexibility index (Phi) is 6.70. The Hall–Kier alpha value is -2.93. The smallest absolute Gasteiger partial charge is 0.414 e. The van der Waals surface area contributed by atoms with E-state index in [-0.39, 0.29) is 30.3 Å². The van der Waals surface area contributed by atoms with Gasteiger partial charge in [-0.05, 0) is 30.9 Å². The number of alkyl carbamates (subject to hydrolysis) is 1. The molecule has 0 radical (unpaired) electrons. The molecule has 4 rings (SSSR count). The molecule has 2 saturated heterocycles. The second-order valence-corrected chi connectivity index (χ2v) is 11.4. The first-order chi connectivity index (χ1) is 15.8. The van der Waals surface area contributed by atoms with E-state index in [9.17, 15) is 14.2 Å². The maximum absolute atomic E-state index is 15.0. The number of methoxy groups -OCH3 is 1. The highest BCUT2D eigenvalue weighted by Crippen LogP contribution is 2.53. The van der Waals surface area contributed by atoms with Gasteiger partial charge >= 0.3 is 12.2 Å². The monoisotopic (exact) mass is 478 g/mol. The average molecular weight is 478 g/mol. The van der Waals surface area contributed by atoms with E-state index >= 15 is 8.78 Å². The van der Waals surface area contributed by atoms with Gasteiger partial charge < -0.3 is 19.4 Å². The molecule has 0 spiro atoms. The fourth-order valence-corrected chi connectivity index (χ4v) is 7.37. The number of benzene rings is 2. The maximum Gasteiger partial charge on any atom is 0.414 e. The van der Waals surface area contributed by atoms with Crippen LogP contribution in [-0.4, -0.2) is 50.8 Å². The minimum absolute atomic E-state index is 0.0154. The van der Waals surface area contributed by atoms with E-state index in [1.807, 2.05) is 30.3 Å². The number of nitrogens with zero attached hydrogens (tertiary/aromatic N) is 1. The van der Waals surface area contributed by atoms with E-state index in [4.69, 9.17) is 4.74 Å². The summed E-state index contributed by atoms with van der Waals surface area (Å²) >= 11 is 0. The summed E-state index contributed by atoms with van der Waals surface area (Å²) < 4.78 is 53.0. The standard InChI is InChI=1S/C23H25F2N2O5P/c1-31-22(28)26-13-17-14-27(23(29)32-17)16-11-19(24)21(20(25)12-16)15-7-9-33(30,10-8-15)18-5-3-2-4-6-18/h2-6,11-12,15,17H,7-10,13-14H2,1H3,(H,26,28)/t15?,17-,33?/m0/s1. The van der Waals surface area contributed by atoms with Gasteiger partial charge in [0.05, 0.1) is 25.9 Å². The van der Waals surface area contributed by atoms with Crippen LogP contribution in [0.5, 0.6) is 0 Å². The quantitative estimate of drug-likeness (QED) is 0.651. The third-order valence-electron chi connectivity index (χ3n) is 6.22. The highest BCUT2D eigenvalue weighted by atomic mass is 31.2. The highest BCUT2D eigenvalue weighted by Gasteiger charge is 2.36. The van der Waals surface area contributed by atoms with Crippen LogP contribution in [-0.2, 0) is 14.0 Å². The molecule has 2 fully saturated rings.